The third-order valence-electron chi connectivity index (χ3n) is 3.00. The molecular formula is C11H15NO. The Hall–Kier alpha value is -1.02. The van der Waals surface area contributed by atoms with Crippen LogP contribution in [-0.2, 0) is 11.8 Å². The summed E-state index contributed by atoms with van der Waals surface area (Å²) in [5, 5.41) is 0. The zero-order chi connectivity index (χ0) is 9.47. The van der Waals surface area contributed by atoms with E-state index in [2.05, 4.69) is 19.1 Å². The molecule has 0 saturated carbocycles. The number of nitrogens with two attached hydrogens (primary N) is 1. The van der Waals surface area contributed by atoms with Gasteiger partial charge in [-0.2, -0.15) is 0 Å². The minimum atomic E-state index is 0.184. The lowest BCUT2D eigenvalue weighted by atomic mass is 9.65. The first-order chi connectivity index (χ1) is 6.19. The number of methoxy groups -OCH3 is 1. The molecule has 0 radical (unpaired) electrons. The average Bonchev–Trinajstić information content (AvgIpc) is 2.16. The third kappa shape index (κ3) is 1.13. The van der Waals surface area contributed by atoms with E-state index in [4.69, 9.17) is 10.5 Å². The van der Waals surface area contributed by atoms with Gasteiger partial charge in [-0.3, -0.25) is 0 Å². The minimum absolute atomic E-state index is 0.184. The van der Waals surface area contributed by atoms with E-state index in [1.54, 1.807) is 7.11 Å². The predicted molar refractivity (Wildman–Crippen MR) is 53.1 cm³/mol. The van der Waals surface area contributed by atoms with Crippen LogP contribution in [-0.4, -0.2) is 13.7 Å². The second-order valence-corrected chi connectivity index (χ2v) is 3.96. The molecule has 1 unspecified atom stereocenters. The molecule has 1 atom stereocenters. The van der Waals surface area contributed by atoms with Gasteiger partial charge in [-0.25, -0.2) is 0 Å². The van der Waals surface area contributed by atoms with Crippen molar-refractivity contribution in [3.05, 3.63) is 29.3 Å². The molecule has 1 aliphatic rings. The van der Waals surface area contributed by atoms with E-state index >= 15 is 0 Å². The first-order valence-electron chi connectivity index (χ1n) is 4.57. The van der Waals surface area contributed by atoms with Crippen LogP contribution in [0.5, 0.6) is 5.75 Å². The monoisotopic (exact) mass is 177 g/mol. The molecule has 0 bridgehead atoms. The molecule has 0 saturated heterocycles. The van der Waals surface area contributed by atoms with Gasteiger partial charge in [0.2, 0.25) is 0 Å². The summed E-state index contributed by atoms with van der Waals surface area (Å²) in [6.07, 6.45) is 1.10. The molecule has 0 aliphatic heterocycles. The van der Waals surface area contributed by atoms with Gasteiger partial charge in [0.15, 0.2) is 0 Å². The number of hydrogen-bond acceptors (Lipinski definition) is 2. The lowest BCUT2D eigenvalue weighted by Gasteiger charge is -2.40. The van der Waals surface area contributed by atoms with Crippen molar-refractivity contribution >= 4 is 0 Å². The summed E-state index contributed by atoms with van der Waals surface area (Å²) in [7, 11) is 1.69. The lowest BCUT2D eigenvalue weighted by Crippen LogP contribution is -2.42. The molecule has 70 valence electrons. The highest BCUT2D eigenvalue weighted by molar-refractivity contribution is 5.48. The number of rotatable bonds is 2. The Morgan fingerprint density at radius 2 is 2.31 bits per heavy atom. The summed E-state index contributed by atoms with van der Waals surface area (Å²) in [6, 6.07) is 6.24. The van der Waals surface area contributed by atoms with E-state index in [1.807, 2.05) is 6.07 Å². The first-order valence-corrected chi connectivity index (χ1v) is 4.57. The van der Waals surface area contributed by atoms with Gasteiger partial charge < -0.3 is 10.5 Å². The van der Waals surface area contributed by atoms with Crippen LogP contribution in [0.15, 0.2) is 18.2 Å². The van der Waals surface area contributed by atoms with E-state index < -0.39 is 0 Å². The van der Waals surface area contributed by atoms with Crippen molar-refractivity contribution in [1.82, 2.24) is 0 Å². The van der Waals surface area contributed by atoms with Crippen molar-refractivity contribution in [2.24, 2.45) is 5.73 Å². The van der Waals surface area contributed by atoms with Gasteiger partial charge in [0.1, 0.15) is 5.75 Å². The molecule has 2 N–H and O–H groups in total. The number of benzene rings is 1. The standard InChI is InChI=1S/C11H15NO/c1-11(7-12)6-8-3-4-9(13-2)5-10(8)11/h3-5H,6-7,12H2,1-2H3. The topological polar surface area (TPSA) is 35.2 Å². The third-order valence-corrected chi connectivity index (χ3v) is 3.00. The zero-order valence-electron chi connectivity index (χ0n) is 8.13. The van der Waals surface area contributed by atoms with Crippen molar-refractivity contribution in [3.63, 3.8) is 0 Å². The Bertz CT molecular complexity index is 335. The Morgan fingerprint density at radius 3 is 2.92 bits per heavy atom. The highest BCUT2D eigenvalue weighted by Crippen LogP contribution is 2.41. The molecule has 0 amide bonds. The molecular weight excluding hydrogens is 162 g/mol. The van der Waals surface area contributed by atoms with Crippen molar-refractivity contribution in [1.29, 1.82) is 0 Å². The van der Waals surface area contributed by atoms with Gasteiger partial charge in [-0.15, -0.1) is 0 Å². The molecule has 2 rings (SSSR count). The van der Waals surface area contributed by atoms with Crippen LogP contribution < -0.4 is 10.5 Å². The Balaban J connectivity index is 2.40. The summed E-state index contributed by atoms with van der Waals surface area (Å²) in [4.78, 5) is 0. The number of ether oxygens (including phenoxy) is 1. The Kier molecular flexibility index (Phi) is 1.81. The van der Waals surface area contributed by atoms with E-state index in [-0.39, 0.29) is 5.41 Å². The highest BCUT2D eigenvalue weighted by atomic mass is 16.5. The molecule has 0 fully saturated rings. The highest BCUT2D eigenvalue weighted by Gasteiger charge is 2.37. The minimum Gasteiger partial charge on any atom is -0.497 e. The second kappa shape index (κ2) is 2.74. The summed E-state index contributed by atoms with van der Waals surface area (Å²) in [6.45, 7) is 2.92. The molecule has 0 spiro atoms. The van der Waals surface area contributed by atoms with Crippen molar-refractivity contribution in [2.45, 2.75) is 18.8 Å². The Labute approximate surface area is 78.7 Å². The predicted octanol–water partition coefficient (Wildman–Crippen LogP) is 1.47. The van der Waals surface area contributed by atoms with Crippen LogP contribution in [0.2, 0.25) is 0 Å². The fourth-order valence-corrected chi connectivity index (χ4v) is 1.99. The molecule has 2 heteroatoms. The molecule has 0 aromatic heterocycles. The molecule has 0 heterocycles. The normalized spacial score (nSPS) is 24.8. The van der Waals surface area contributed by atoms with E-state index in [1.165, 1.54) is 11.1 Å². The summed E-state index contributed by atoms with van der Waals surface area (Å²) in [5.41, 5.74) is 8.68. The summed E-state index contributed by atoms with van der Waals surface area (Å²) >= 11 is 0. The molecule has 1 aromatic carbocycles. The largest absolute Gasteiger partial charge is 0.497 e. The smallest absolute Gasteiger partial charge is 0.119 e. The van der Waals surface area contributed by atoms with Gasteiger partial charge >= 0.3 is 0 Å². The average molecular weight is 177 g/mol. The van der Waals surface area contributed by atoms with Gasteiger partial charge in [0.25, 0.3) is 0 Å². The summed E-state index contributed by atoms with van der Waals surface area (Å²) < 4.78 is 5.18. The van der Waals surface area contributed by atoms with Gasteiger partial charge in [0, 0.05) is 12.0 Å². The van der Waals surface area contributed by atoms with Crippen LogP contribution in [0.25, 0.3) is 0 Å². The number of fused-ring (bicyclic) bond motifs is 1. The maximum absolute atomic E-state index is 5.73. The zero-order valence-corrected chi connectivity index (χ0v) is 8.13. The van der Waals surface area contributed by atoms with Gasteiger partial charge in [0.05, 0.1) is 7.11 Å². The fraction of sp³-hybridized carbons (Fsp3) is 0.455. The van der Waals surface area contributed by atoms with Crippen LogP contribution in [0, 0.1) is 0 Å². The summed E-state index contributed by atoms with van der Waals surface area (Å²) in [5.74, 6) is 0.929. The maximum Gasteiger partial charge on any atom is 0.119 e. The van der Waals surface area contributed by atoms with Crippen LogP contribution in [0.1, 0.15) is 18.1 Å². The molecule has 1 aromatic rings. The number of hydrogen-bond donors (Lipinski definition) is 1. The first kappa shape index (κ1) is 8.57. The van der Waals surface area contributed by atoms with Crippen molar-refractivity contribution in [3.8, 4) is 5.75 Å². The van der Waals surface area contributed by atoms with Crippen LogP contribution in [0.4, 0.5) is 0 Å². The van der Waals surface area contributed by atoms with E-state index in [0.29, 0.717) is 6.54 Å². The quantitative estimate of drug-likeness (QED) is 0.742. The molecule has 13 heavy (non-hydrogen) atoms. The second-order valence-electron chi connectivity index (χ2n) is 3.96. The SMILES string of the molecule is COc1ccc2c(c1)C(C)(CN)C2. The molecule has 1 aliphatic carbocycles. The Morgan fingerprint density at radius 1 is 1.54 bits per heavy atom. The van der Waals surface area contributed by atoms with Gasteiger partial charge in [-0.05, 0) is 29.7 Å². The van der Waals surface area contributed by atoms with Crippen LogP contribution >= 0.6 is 0 Å². The maximum atomic E-state index is 5.73. The van der Waals surface area contributed by atoms with Crippen molar-refractivity contribution in [2.75, 3.05) is 13.7 Å². The van der Waals surface area contributed by atoms with E-state index in [9.17, 15) is 0 Å². The fourth-order valence-electron chi connectivity index (χ4n) is 1.99. The molecule has 2 nitrogen and oxygen atoms in total. The van der Waals surface area contributed by atoms with E-state index in [0.717, 1.165) is 12.2 Å². The van der Waals surface area contributed by atoms with Crippen LogP contribution in [0.3, 0.4) is 0 Å². The van der Waals surface area contributed by atoms with Crippen molar-refractivity contribution < 1.29 is 4.74 Å². The lowest BCUT2D eigenvalue weighted by molar-refractivity contribution is 0.394. The van der Waals surface area contributed by atoms with Gasteiger partial charge in [-0.1, -0.05) is 13.0 Å².